The molecule has 266 valence electrons. The number of hydrogen-bond acceptors (Lipinski definition) is 6. The van der Waals surface area contributed by atoms with Crippen molar-refractivity contribution in [1.82, 2.24) is 20.5 Å². The summed E-state index contributed by atoms with van der Waals surface area (Å²) >= 11 is 0. The smallest absolute Gasteiger partial charge is 0.245 e. The van der Waals surface area contributed by atoms with Crippen molar-refractivity contribution in [2.24, 2.45) is 17.4 Å². The normalized spacial score (nSPS) is 16.0. The van der Waals surface area contributed by atoms with Crippen LogP contribution in [0.1, 0.15) is 61.6 Å². The quantitative estimate of drug-likeness (QED) is 0.104. The first-order chi connectivity index (χ1) is 24.3. The number of amides is 3. The SMILES string of the molecule is CC(=O)NCCCC[C@H](C(=O)N[C@@H](Cc1c[nH]c2ccccc12)C(=O)N1CCC(c2ccccc2)CC1)C(N)C(N)COCc1ccccc1. The number of unbranched alkanes of at least 4 members (excludes halogenated alkanes) is 1. The van der Waals surface area contributed by atoms with E-state index in [9.17, 15) is 14.4 Å². The number of nitrogens with one attached hydrogen (secondary N) is 3. The van der Waals surface area contributed by atoms with E-state index in [0.29, 0.717) is 57.8 Å². The van der Waals surface area contributed by atoms with Crippen LogP contribution in [0.2, 0.25) is 0 Å². The summed E-state index contributed by atoms with van der Waals surface area (Å²) < 4.78 is 5.90. The summed E-state index contributed by atoms with van der Waals surface area (Å²) in [4.78, 5) is 45.1. The van der Waals surface area contributed by atoms with E-state index in [4.69, 9.17) is 16.2 Å². The molecule has 0 aliphatic carbocycles. The number of rotatable bonds is 17. The Morgan fingerprint density at radius 3 is 2.32 bits per heavy atom. The van der Waals surface area contributed by atoms with E-state index in [1.807, 2.05) is 71.8 Å². The second-order valence-electron chi connectivity index (χ2n) is 13.5. The number of benzene rings is 3. The Hall–Kier alpha value is -4.51. The van der Waals surface area contributed by atoms with Gasteiger partial charge in [0, 0.05) is 62.2 Å². The number of hydrogen-bond donors (Lipinski definition) is 5. The molecular weight excluding hydrogens is 628 g/mol. The second-order valence-corrected chi connectivity index (χ2v) is 13.5. The first-order valence-electron chi connectivity index (χ1n) is 17.9. The fraction of sp³-hybridized carbons (Fsp3) is 0.425. The molecule has 2 heterocycles. The Balaban J connectivity index is 1.30. The van der Waals surface area contributed by atoms with Crippen LogP contribution in [0.25, 0.3) is 10.9 Å². The van der Waals surface area contributed by atoms with Crippen LogP contribution in [-0.2, 0) is 32.1 Å². The summed E-state index contributed by atoms with van der Waals surface area (Å²) in [5.74, 6) is -0.756. The van der Waals surface area contributed by atoms with E-state index in [0.717, 1.165) is 34.9 Å². The fourth-order valence-electron chi connectivity index (χ4n) is 6.93. The highest BCUT2D eigenvalue weighted by atomic mass is 16.5. The number of aromatic nitrogens is 1. The highest BCUT2D eigenvalue weighted by Crippen LogP contribution is 2.29. The number of likely N-dealkylation sites (tertiary alicyclic amines) is 1. The minimum atomic E-state index is -0.783. The van der Waals surface area contributed by atoms with Crippen molar-refractivity contribution in [2.45, 2.75) is 76.1 Å². The molecule has 7 N–H and O–H groups in total. The van der Waals surface area contributed by atoms with Crippen LogP contribution in [0.15, 0.2) is 91.1 Å². The predicted molar refractivity (Wildman–Crippen MR) is 197 cm³/mol. The number of nitrogens with zero attached hydrogens (tertiary/aromatic N) is 1. The number of piperidine rings is 1. The van der Waals surface area contributed by atoms with Gasteiger partial charge in [-0.25, -0.2) is 0 Å². The van der Waals surface area contributed by atoms with E-state index in [2.05, 4.69) is 39.9 Å². The third kappa shape index (κ3) is 10.3. The van der Waals surface area contributed by atoms with Crippen molar-refractivity contribution < 1.29 is 19.1 Å². The molecule has 1 aromatic heterocycles. The van der Waals surface area contributed by atoms with Crippen molar-refractivity contribution >= 4 is 28.6 Å². The Morgan fingerprint density at radius 2 is 1.60 bits per heavy atom. The van der Waals surface area contributed by atoms with Crippen LogP contribution >= 0.6 is 0 Å². The molecule has 50 heavy (non-hydrogen) atoms. The number of fused-ring (bicyclic) bond motifs is 1. The summed E-state index contributed by atoms with van der Waals surface area (Å²) in [6, 6.07) is 26.1. The van der Waals surface area contributed by atoms with E-state index >= 15 is 0 Å². The third-order valence-corrected chi connectivity index (χ3v) is 9.82. The molecule has 4 atom stereocenters. The lowest BCUT2D eigenvalue weighted by molar-refractivity contribution is -0.138. The van der Waals surface area contributed by atoms with Gasteiger partial charge in [-0.2, -0.15) is 0 Å². The largest absolute Gasteiger partial charge is 0.375 e. The number of carbonyl (C=O) groups is 3. The van der Waals surface area contributed by atoms with Crippen LogP contribution in [0.3, 0.4) is 0 Å². The van der Waals surface area contributed by atoms with E-state index in [-0.39, 0.29) is 24.3 Å². The third-order valence-electron chi connectivity index (χ3n) is 9.82. The molecule has 3 aromatic carbocycles. The molecule has 10 nitrogen and oxygen atoms in total. The maximum atomic E-state index is 14.3. The average molecular weight is 681 g/mol. The highest BCUT2D eigenvalue weighted by Gasteiger charge is 2.35. The van der Waals surface area contributed by atoms with Gasteiger partial charge >= 0.3 is 0 Å². The first-order valence-corrected chi connectivity index (χ1v) is 17.9. The van der Waals surface area contributed by atoms with E-state index < -0.39 is 24.0 Å². The van der Waals surface area contributed by atoms with Crippen LogP contribution in [-0.4, -0.2) is 72.0 Å². The molecule has 1 fully saturated rings. The van der Waals surface area contributed by atoms with Gasteiger partial charge in [-0.3, -0.25) is 14.4 Å². The summed E-state index contributed by atoms with van der Waals surface area (Å²) in [5.41, 5.74) is 17.6. The molecule has 10 heteroatoms. The molecule has 3 amide bonds. The molecule has 5 rings (SSSR count). The molecule has 1 aliphatic heterocycles. The van der Waals surface area contributed by atoms with Gasteiger partial charge < -0.3 is 36.7 Å². The monoisotopic (exact) mass is 680 g/mol. The van der Waals surface area contributed by atoms with Gasteiger partial charge in [0.2, 0.25) is 17.7 Å². The van der Waals surface area contributed by atoms with Crippen molar-refractivity contribution in [3.8, 4) is 0 Å². The zero-order chi connectivity index (χ0) is 35.3. The van der Waals surface area contributed by atoms with Gasteiger partial charge in [-0.15, -0.1) is 0 Å². The molecule has 1 aliphatic rings. The Kier molecular flexibility index (Phi) is 13.6. The van der Waals surface area contributed by atoms with Gasteiger partial charge in [-0.1, -0.05) is 85.3 Å². The Labute approximate surface area is 295 Å². The number of aromatic amines is 1. The van der Waals surface area contributed by atoms with Gasteiger partial charge in [-0.05, 0) is 54.4 Å². The second kappa shape index (κ2) is 18.5. The zero-order valence-electron chi connectivity index (χ0n) is 29.1. The minimum absolute atomic E-state index is 0.0939. The van der Waals surface area contributed by atoms with Crippen LogP contribution in [0.4, 0.5) is 0 Å². The molecular formula is C40H52N6O4. The molecule has 0 saturated carbocycles. The van der Waals surface area contributed by atoms with Crippen molar-refractivity contribution in [1.29, 1.82) is 0 Å². The van der Waals surface area contributed by atoms with Crippen molar-refractivity contribution in [3.63, 3.8) is 0 Å². The fourth-order valence-corrected chi connectivity index (χ4v) is 6.93. The van der Waals surface area contributed by atoms with E-state index in [1.54, 1.807) is 0 Å². The molecule has 0 bridgehead atoms. The standard InChI is InChI=1S/C40H52N6O4/c1-28(47)43-21-11-10-17-34(38(42)35(41)27-50-26-29-12-4-2-5-13-29)39(48)45-37(24-32-25-44-36-18-9-8-16-33(32)36)40(49)46-22-19-31(20-23-46)30-14-6-3-7-15-30/h2-9,12-16,18,25,31,34-35,37-38,44H,10-11,17,19-24,26-27,41-42H2,1H3,(H,43,47)(H,45,48)/t34-,35?,37-,38?/m0/s1. The number of carbonyl (C=O) groups excluding carboxylic acids is 3. The maximum absolute atomic E-state index is 14.3. The Bertz CT molecular complexity index is 1650. The maximum Gasteiger partial charge on any atom is 0.245 e. The summed E-state index contributed by atoms with van der Waals surface area (Å²) in [7, 11) is 0. The summed E-state index contributed by atoms with van der Waals surface area (Å²) in [6.45, 7) is 3.79. The topological polar surface area (TPSA) is 156 Å². The highest BCUT2D eigenvalue weighted by molar-refractivity contribution is 5.90. The van der Waals surface area contributed by atoms with Gasteiger partial charge in [0.15, 0.2) is 0 Å². The predicted octanol–water partition coefficient (Wildman–Crippen LogP) is 4.40. The van der Waals surface area contributed by atoms with Crippen LogP contribution < -0.4 is 22.1 Å². The molecule has 0 spiro atoms. The summed E-state index contributed by atoms with van der Waals surface area (Å²) in [6.07, 6.45) is 5.78. The minimum Gasteiger partial charge on any atom is -0.375 e. The van der Waals surface area contributed by atoms with Gasteiger partial charge in [0.1, 0.15) is 6.04 Å². The van der Waals surface area contributed by atoms with E-state index in [1.165, 1.54) is 12.5 Å². The van der Waals surface area contributed by atoms with Crippen LogP contribution in [0.5, 0.6) is 0 Å². The number of H-pyrrole nitrogens is 1. The first kappa shape index (κ1) is 36.8. The number of para-hydroxylation sites is 1. The number of nitrogens with two attached hydrogens (primary N) is 2. The Morgan fingerprint density at radius 1 is 0.920 bits per heavy atom. The zero-order valence-corrected chi connectivity index (χ0v) is 29.1. The molecule has 2 unspecified atom stereocenters. The van der Waals surface area contributed by atoms with Crippen LogP contribution in [0, 0.1) is 5.92 Å². The molecule has 1 saturated heterocycles. The average Bonchev–Trinajstić information content (AvgIpc) is 3.55. The lowest BCUT2D eigenvalue weighted by Crippen LogP contribution is -2.57. The molecule has 0 radical (unpaired) electrons. The lowest BCUT2D eigenvalue weighted by atomic mass is 9.88. The lowest BCUT2D eigenvalue weighted by Gasteiger charge is -2.35. The van der Waals surface area contributed by atoms with Gasteiger partial charge in [0.25, 0.3) is 0 Å². The van der Waals surface area contributed by atoms with Gasteiger partial charge in [0.05, 0.1) is 19.1 Å². The summed E-state index contributed by atoms with van der Waals surface area (Å²) in [5, 5.41) is 6.98. The van der Waals surface area contributed by atoms with Crippen molar-refractivity contribution in [3.05, 3.63) is 108 Å². The van der Waals surface area contributed by atoms with Crippen molar-refractivity contribution in [2.75, 3.05) is 26.2 Å². The molecule has 4 aromatic rings. The number of ether oxygens (including phenoxy) is 1.